The Hall–Kier alpha value is -3.44. The van der Waals surface area contributed by atoms with E-state index in [2.05, 4.69) is 52.7 Å². The van der Waals surface area contributed by atoms with Crippen molar-refractivity contribution in [1.29, 1.82) is 5.26 Å². The van der Waals surface area contributed by atoms with Crippen molar-refractivity contribution in [3.8, 4) is 6.07 Å². The molecule has 1 saturated carbocycles. The van der Waals surface area contributed by atoms with Crippen LogP contribution in [0.2, 0.25) is 0 Å². The van der Waals surface area contributed by atoms with Crippen molar-refractivity contribution in [3.05, 3.63) is 53.1 Å². The SMILES string of the molecule is CN(C)C(=O)CNC1CCC(c2ccc(NC(=O)c3nc(C#N)c[nH]3)c(C3=CCC(C)(C)CC3)c2)CC1. The lowest BCUT2D eigenvalue weighted by Gasteiger charge is -2.31. The Kier molecular flexibility index (Phi) is 8.13. The maximum Gasteiger partial charge on any atom is 0.291 e. The molecule has 0 spiro atoms. The highest BCUT2D eigenvalue weighted by Gasteiger charge is 2.26. The molecule has 0 aliphatic heterocycles. The third-order valence-electron chi connectivity index (χ3n) is 7.76. The number of nitrogens with zero attached hydrogens (tertiary/aromatic N) is 3. The predicted molar refractivity (Wildman–Crippen MR) is 145 cm³/mol. The van der Waals surface area contributed by atoms with Gasteiger partial charge in [0.25, 0.3) is 5.91 Å². The zero-order valence-corrected chi connectivity index (χ0v) is 22.4. The molecule has 37 heavy (non-hydrogen) atoms. The molecule has 0 atom stereocenters. The first-order chi connectivity index (χ1) is 17.6. The number of benzene rings is 1. The monoisotopic (exact) mass is 502 g/mol. The number of hydrogen-bond acceptors (Lipinski definition) is 5. The summed E-state index contributed by atoms with van der Waals surface area (Å²) in [6.45, 7) is 4.97. The highest BCUT2D eigenvalue weighted by molar-refractivity contribution is 6.03. The van der Waals surface area contributed by atoms with Crippen LogP contribution in [0, 0.1) is 16.7 Å². The lowest BCUT2D eigenvalue weighted by atomic mass is 9.76. The third-order valence-corrected chi connectivity index (χ3v) is 7.76. The zero-order chi connectivity index (χ0) is 26.6. The van der Waals surface area contributed by atoms with Crippen LogP contribution in [0.3, 0.4) is 0 Å². The van der Waals surface area contributed by atoms with E-state index in [9.17, 15) is 9.59 Å². The second-order valence-electron chi connectivity index (χ2n) is 11.3. The topological polar surface area (TPSA) is 114 Å². The number of carbonyl (C=O) groups is 2. The maximum absolute atomic E-state index is 12.9. The average molecular weight is 503 g/mol. The number of imidazole rings is 1. The number of rotatable bonds is 7. The van der Waals surface area contributed by atoms with E-state index in [-0.39, 0.29) is 28.7 Å². The van der Waals surface area contributed by atoms with Gasteiger partial charge in [0, 0.05) is 37.6 Å². The van der Waals surface area contributed by atoms with Crippen molar-refractivity contribution in [2.24, 2.45) is 5.41 Å². The fourth-order valence-corrected chi connectivity index (χ4v) is 5.21. The van der Waals surface area contributed by atoms with Crippen LogP contribution in [0.1, 0.15) is 92.2 Å². The molecule has 1 aromatic heterocycles. The van der Waals surface area contributed by atoms with Gasteiger partial charge in [0.1, 0.15) is 6.07 Å². The molecule has 2 aromatic rings. The van der Waals surface area contributed by atoms with Crippen molar-refractivity contribution in [2.45, 2.75) is 70.8 Å². The van der Waals surface area contributed by atoms with Gasteiger partial charge in [0.2, 0.25) is 5.91 Å². The molecule has 8 nitrogen and oxygen atoms in total. The van der Waals surface area contributed by atoms with Gasteiger partial charge in [-0.25, -0.2) is 4.98 Å². The minimum atomic E-state index is -0.355. The number of allylic oxidation sites excluding steroid dienone is 2. The van der Waals surface area contributed by atoms with E-state index in [1.807, 2.05) is 12.1 Å². The molecule has 2 aliphatic rings. The van der Waals surface area contributed by atoms with Gasteiger partial charge in [-0.2, -0.15) is 5.26 Å². The highest BCUT2D eigenvalue weighted by Crippen LogP contribution is 2.42. The zero-order valence-electron chi connectivity index (χ0n) is 22.4. The summed E-state index contributed by atoms with van der Waals surface area (Å²) in [5.41, 5.74) is 4.88. The number of nitrogens with one attached hydrogen (secondary N) is 3. The van der Waals surface area contributed by atoms with E-state index in [1.54, 1.807) is 19.0 Å². The summed E-state index contributed by atoms with van der Waals surface area (Å²) in [6, 6.07) is 8.72. The molecule has 196 valence electrons. The van der Waals surface area contributed by atoms with Gasteiger partial charge in [0.05, 0.1) is 6.54 Å². The largest absolute Gasteiger partial charge is 0.348 e. The molecule has 0 saturated heterocycles. The standard InChI is InChI=1S/C29H38N6O2/c1-29(2)13-11-20(12-14-29)24-15-21(19-5-8-22(9-6-19)31-18-26(36)35(3)4)7-10-25(24)34-28(37)27-32-17-23(16-30)33-27/h7,10-11,15,17,19,22,31H,5-6,8-9,12-14,18H2,1-4H3,(H,32,33)(H,34,37). The van der Waals surface area contributed by atoms with Crippen molar-refractivity contribution in [3.63, 3.8) is 0 Å². The Morgan fingerprint density at radius 3 is 2.59 bits per heavy atom. The quantitative estimate of drug-likeness (QED) is 0.502. The molecule has 0 unspecified atom stereocenters. The van der Waals surface area contributed by atoms with E-state index in [4.69, 9.17) is 5.26 Å². The second kappa shape index (κ2) is 11.3. The Morgan fingerprint density at radius 1 is 1.22 bits per heavy atom. The highest BCUT2D eigenvalue weighted by atomic mass is 16.2. The van der Waals surface area contributed by atoms with E-state index in [0.29, 0.717) is 18.5 Å². The van der Waals surface area contributed by atoms with Crippen LogP contribution < -0.4 is 10.6 Å². The van der Waals surface area contributed by atoms with Gasteiger partial charge in [-0.15, -0.1) is 0 Å². The van der Waals surface area contributed by atoms with E-state index in [0.717, 1.165) is 56.2 Å². The van der Waals surface area contributed by atoms with Crippen LogP contribution in [-0.4, -0.2) is 53.4 Å². The molecular formula is C29H38N6O2. The maximum atomic E-state index is 12.9. The number of hydrogen-bond donors (Lipinski definition) is 3. The van der Waals surface area contributed by atoms with Gasteiger partial charge in [-0.1, -0.05) is 26.0 Å². The Balaban J connectivity index is 1.51. The van der Waals surface area contributed by atoms with Crippen LogP contribution in [0.5, 0.6) is 0 Å². The van der Waals surface area contributed by atoms with Gasteiger partial charge in [-0.05, 0) is 79.5 Å². The van der Waals surface area contributed by atoms with Crippen molar-refractivity contribution < 1.29 is 9.59 Å². The number of anilines is 1. The second-order valence-corrected chi connectivity index (χ2v) is 11.3. The van der Waals surface area contributed by atoms with Crippen LogP contribution in [0.25, 0.3) is 5.57 Å². The van der Waals surface area contributed by atoms with Gasteiger partial charge in [0.15, 0.2) is 11.5 Å². The van der Waals surface area contributed by atoms with E-state index < -0.39 is 0 Å². The van der Waals surface area contributed by atoms with E-state index >= 15 is 0 Å². The lowest BCUT2D eigenvalue weighted by Crippen LogP contribution is -2.40. The summed E-state index contributed by atoms with van der Waals surface area (Å²) in [6.07, 6.45) is 11.0. The van der Waals surface area contributed by atoms with Gasteiger partial charge >= 0.3 is 0 Å². The molecule has 1 fully saturated rings. The summed E-state index contributed by atoms with van der Waals surface area (Å²) in [7, 11) is 3.57. The molecule has 4 rings (SSSR count). The minimum absolute atomic E-state index is 0.103. The normalized spacial score (nSPS) is 21.0. The molecule has 2 amide bonds. The Bertz CT molecular complexity index is 1210. The molecule has 0 bridgehead atoms. The van der Waals surface area contributed by atoms with E-state index in [1.165, 1.54) is 17.3 Å². The van der Waals surface area contributed by atoms with Crippen molar-refractivity contribution in [2.75, 3.05) is 26.0 Å². The number of likely N-dealkylation sites (N-methyl/N-ethyl adjacent to an activating group) is 1. The first-order valence-corrected chi connectivity index (χ1v) is 13.2. The lowest BCUT2D eigenvalue weighted by molar-refractivity contribution is -0.127. The molecule has 1 aromatic carbocycles. The molecule has 3 N–H and O–H groups in total. The average Bonchev–Trinajstić information content (AvgIpc) is 3.38. The molecular weight excluding hydrogens is 464 g/mol. The predicted octanol–water partition coefficient (Wildman–Crippen LogP) is 4.83. The molecule has 8 heteroatoms. The van der Waals surface area contributed by atoms with Crippen molar-refractivity contribution >= 4 is 23.1 Å². The van der Waals surface area contributed by atoms with Crippen LogP contribution >= 0.6 is 0 Å². The molecule has 2 aliphatic carbocycles. The van der Waals surface area contributed by atoms with Crippen LogP contribution in [-0.2, 0) is 4.79 Å². The number of aromatic amines is 1. The summed E-state index contributed by atoms with van der Waals surface area (Å²) in [5.74, 6) is 0.330. The fourth-order valence-electron chi connectivity index (χ4n) is 5.21. The first-order valence-electron chi connectivity index (χ1n) is 13.2. The van der Waals surface area contributed by atoms with Gasteiger partial charge in [-0.3, -0.25) is 9.59 Å². The van der Waals surface area contributed by atoms with Crippen molar-refractivity contribution in [1.82, 2.24) is 20.2 Å². The third kappa shape index (κ3) is 6.66. The van der Waals surface area contributed by atoms with Crippen LogP contribution in [0.15, 0.2) is 30.5 Å². The number of nitriles is 1. The van der Waals surface area contributed by atoms with Crippen LogP contribution in [0.4, 0.5) is 5.69 Å². The summed E-state index contributed by atoms with van der Waals surface area (Å²) in [4.78, 5) is 33.3. The minimum Gasteiger partial charge on any atom is -0.348 e. The molecule has 1 heterocycles. The number of H-pyrrole nitrogens is 1. The Labute approximate surface area is 219 Å². The number of amides is 2. The summed E-state index contributed by atoms with van der Waals surface area (Å²) >= 11 is 0. The number of aromatic nitrogens is 2. The smallest absolute Gasteiger partial charge is 0.291 e. The summed E-state index contributed by atoms with van der Waals surface area (Å²) < 4.78 is 0. The van der Waals surface area contributed by atoms with Gasteiger partial charge < -0.3 is 20.5 Å². The Morgan fingerprint density at radius 2 is 1.97 bits per heavy atom. The fraction of sp³-hybridized carbons (Fsp3) is 0.517. The molecule has 0 radical (unpaired) electrons. The summed E-state index contributed by atoms with van der Waals surface area (Å²) in [5, 5.41) is 15.5. The first kappa shape index (κ1) is 26.6. The number of carbonyl (C=O) groups excluding carboxylic acids is 2.